The summed E-state index contributed by atoms with van der Waals surface area (Å²) in [4.78, 5) is 4.34. The molecule has 0 amide bonds. The molecule has 2 heterocycles. The van der Waals surface area contributed by atoms with Crippen molar-refractivity contribution in [3.8, 4) is 0 Å². The van der Waals surface area contributed by atoms with Crippen LogP contribution in [0.5, 0.6) is 0 Å². The van der Waals surface area contributed by atoms with Gasteiger partial charge in [0.25, 0.3) is 0 Å². The van der Waals surface area contributed by atoms with E-state index in [0.29, 0.717) is 5.92 Å². The maximum atomic E-state index is 5.61. The molecule has 104 valence electrons. The fourth-order valence-electron chi connectivity index (χ4n) is 2.11. The molecule has 4 nitrogen and oxygen atoms in total. The van der Waals surface area contributed by atoms with E-state index < -0.39 is 0 Å². The molecule has 0 bridgehead atoms. The van der Waals surface area contributed by atoms with Gasteiger partial charge in [0, 0.05) is 30.9 Å². The lowest BCUT2D eigenvalue weighted by molar-refractivity contribution is 0.478. The number of nitrogens with zero attached hydrogens (tertiary/aromatic N) is 2. The molecule has 0 fully saturated rings. The maximum absolute atomic E-state index is 5.61. The average Bonchev–Trinajstić information content (AvgIpc) is 2.99. The first-order valence-electron chi connectivity index (χ1n) is 6.96. The topological polar surface area (TPSA) is 43.0 Å². The first-order chi connectivity index (χ1) is 9.20. The Morgan fingerprint density at radius 2 is 2.26 bits per heavy atom. The van der Waals surface area contributed by atoms with Gasteiger partial charge in [-0.25, -0.2) is 4.98 Å². The largest absolute Gasteiger partial charge is 0.467 e. The Morgan fingerprint density at radius 3 is 3.00 bits per heavy atom. The Kier molecular flexibility index (Phi) is 4.80. The van der Waals surface area contributed by atoms with E-state index in [1.54, 1.807) is 6.26 Å². The summed E-state index contributed by atoms with van der Waals surface area (Å²) >= 11 is 0. The Hall–Kier alpha value is -1.55. The van der Waals surface area contributed by atoms with Crippen molar-refractivity contribution in [1.82, 2.24) is 14.9 Å². The Labute approximate surface area is 114 Å². The predicted octanol–water partition coefficient (Wildman–Crippen LogP) is 2.83. The van der Waals surface area contributed by atoms with Crippen molar-refractivity contribution >= 4 is 0 Å². The first kappa shape index (κ1) is 13.9. The van der Waals surface area contributed by atoms with Crippen molar-refractivity contribution in [1.29, 1.82) is 0 Å². The lowest BCUT2D eigenvalue weighted by Crippen LogP contribution is -2.19. The zero-order valence-electron chi connectivity index (χ0n) is 12.0. The van der Waals surface area contributed by atoms with Crippen molar-refractivity contribution < 1.29 is 4.42 Å². The molecule has 0 aliphatic heterocycles. The van der Waals surface area contributed by atoms with Gasteiger partial charge in [-0.3, -0.25) is 0 Å². The van der Waals surface area contributed by atoms with Crippen LogP contribution in [0, 0.1) is 5.92 Å². The zero-order valence-corrected chi connectivity index (χ0v) is 12.0. The van der Waals surface area contributed by atoms with Crippen LogP contribution in [0.25, 0.3) is 0 Å². The molecule has 0 aromatic carbocycles. The summed E-state index contributed by atoms with van der Waals surface area (Å²) < 4.78 is 7.75. The van der Waals surface area contributed by atoms with Crippen LogP contribution in [0.1, 0.15) is 37.9 Å². The molecule has 0 aliphatic rings. The van der Waals surface area contributed by atoms with E-state index in [1.807, 2.05) is 18.5 Å². The fourth-order valence-corrected chi connectivity index (χ4v) is 2.11. The van der Waals surface area contributed by atoms with Gasteiger partial charge in [-0.05, 0) is 18.5 Å². The van der Waals surface area contributed by atoms with Crippen LogP contribution in [-0.4, -0.2) is 16.1 Å². The molecule has 2 aromatic heterocycles. The van der Waals surface area contributed by atoms with Crippen molar-refractivity contribution in [3.05, 3.63) is 41.9 Å². The van der Waals surface area contributed by atoms with E-state index in [1.165, 1.54) is 5.56 Å². The lowest BCUT2D eigenvalue weighted by atomic mass is 10.2. The molecule has 0 aliphatic carbocycles. The van der Waals surface area contributed by atoms with Crippen LogP contribution >= 0.6 is 0 Å². The molecule has 2 rings (SSSR count). The van der Waals surface area contributed by atoms with Gasteiger partial charge in [-0.2, -0.15) is 0 Å². The molecule has 19 heavy (non-hydrogen) atoms. The van der Waals surface area contributed by atoms with E-state index in [9.17, 15) is 0 Å². The van der Waals surface area contributed by atoms with Gasteiger partial charge in [0.2, 0.25) is 0 Å². The number of aromatic nitrogens is 2. The third kappa shape index (κ3) is 3.70. The number of imidazole rings is 1. The Bertz CT molecular complexity index is 499. The summed E-state index contributed by atoms with van der Waals surface area (Å²) in [7, 11) is 0. The molecule has 0 atom stereocenters. The van der Waals surface area contributed by atoms with Gasteiger partial charge < -0.3 is 14.3 Å². The van der Waals surface area contributed by atoms with Crippen LogP contribution in [-0.2, 0) is 19.5 Å². The van der Waals surface area contributed by atoms with Crippen molar-refractivity contribution in [2.75, 3.05) is 6.54 Å². The summed E-state index contributed by atoms with van der Waals surface area (Å²) in [5, 5.41) is 3.45. The highest BCUT2D eigenvalue weighted by atomic mass is 16.3. The van der Waals surface area contributed by atoms with E-state index in [-0.39, 0.29) is 0 Å². The minimum absolute atomic E-state index is 0.663. The highest BCUT2D eigenvalue weighted by molar-refractivity contribution is 5.17. The van der Waals surface area contributed by atoms with Gasteiger partial charge in [0.05, 0.1) is 12.8 Å². The lowest BCUT2D eigenvalue weighted by Gasteiger charge is -2.09. The molecular formula is C15H23N3O. The monoisotopic (exact) mass is 261 g/mol. The van der Waals surface area contributed by atoms with Crippen LogP contribution < -0.4 is 5.32 Å². The van der Waals surface area contributed by atoms with Gasteiger partial charge in [0.15, 0.2) is 0 Å². The minimum Gasteiger partial charge on any atom is -0.467 e. The standard InChI is InChI=1S/C15H23N3O/c1-4-15-17-6-7-18(15)11-14-13(5-8-19-14)10-16-9-12(2)3/h5-8,12,16H,4,9-11H2,1-3H3. The molecule has 0 saturated heterocycles. The molecule has 0 radical (unpaired) electrons. The van der Waals surface area contributed by atoms with Crippen LogP contribution in [0.2, 0.25) is 0 Å². The third-order valence-electron chi connectivity index (χ3n) is 3.14. The molecule has 1 N–H and O–H groups in total. The molecule has 0 spiro atoms. The molecule has 2 aromatic rings. The normalized spacial score (nSPS) is 11.4. The molecular weight excluding hydrogens is 238 g/mol. The Balaban J connectivity index is 1.99. The van der Waals surface area contributed by atoms with Gasteiger partial charge >= 0.3 is 0 Å². The van der Waals surface area contributed by atoms with Crippen LogP contribution in [0.4, 0.5) is 0 Å². The molecule has 4 heteroatoms. The van der Waals surface area contributed by atoms with E-state index in [0.717, 1.165) is 37.6 Å². The Morgan fingerprint density at radius 1 is 1.42 bits per heavy atom. The number of nitrogens with one attached hydrogen (secondary N) is 1. The summed E-state index contributed by atoms with van der Waals surface area (Å²) in [5.74, 6) is 2.78. The second-order valence-corrected chi connectivity index (χ2v) is 5.22. The van der Waals surface area contributed by atoms with E-state index in [2.05, 4.69) is 35.6 Å². The summed E-state index contributed by atoms with van der Waals surface area (Å²) in [5.41, 5.74) is 1.23. The van der Waals surface area contributed by atoms with Gasteiger partial charge in [-0.1, -0.05) is 20.8 Å². The van der Waals surface area contributed by atoms with Crippen molar-refractivity contribution in [2.45, 2.75) is 40.3 Å². The summed E-state index contributed by atoms with van der Waals surface area (Å²) in [6.07, 6.45) is 6.56. The minimum atomic E-state index is 0.663. The average molecular weight is 261 g/mol. The second-order valence-electron chi connectivity index (χ2n) is 5.22. The fraction of sp³-hybridized carbons (Fsp3) is 0.533. The summed E-state index contributed by atoms with van der Waals surface area (Å²) in [6.45, 7) is 9.18. The predicted molar refractivity (Wildman–Crippen MR) is 76.0 cm³/mol. The molecule has 0 unspecified atom stereocenters. The highest BCUT2D eigenvalue weighted by Gasteiger charge is 2.09. The highest BCUT2D eigenvalue weighted by Crippen LogP contribution is 2.13. The maximum Gasteiger partial charge on any atom is 0.127 e. The smallest absolute Gasteiger partial charge is 0.127 e. The van der Waals surface area contributed by atoms with Gasteiger partial charge in [-0.15, -0.1) is 0 Å². The second kappa shape index (κ2) is 6.57. The van der Waals surface area contributed by atoms with Gasteiger partial charge in [0.1, 0.15) is 11.6 Å². The number of hydrogen-bond donors (Lipinski definition) is 1. The molecule has 0 saturated carbocycles. The van der Waals surface area contributed by atoms with E-state index in [4.69, 9.17) is 4.42 Å². The van der Waals surface area contributed by atoms with Crippen molar-refractivity contribution in [2.24, 2.45) is 5.92 Å². The number of rotatable bonds is 7. The summed E-state index contributed by atoms with van der Waals surface area (Å²) in [6, 6.07) is 2.05. The van der Waals surface area contributed by atoms with Crippen LogP contribution in [0.15, 0.2) is 29.1 Å². The number of furan rings is 1. The first-order valence-corrected chi connectivity index (χ1v) is 6.96. The van der Waals surface area contributed by atoms with Crippen LogP contribution in [0.3, 0.4) is 0 Å². The number of aryl methyl sites for hydroxylation is 1. The SMILES string of the molecule is CCc1nccn1Cc1occc1CNCC(C)C. The zero-order chi connectivity index (χ0) is 13.7. The third-order valence-corrected chi connectivity index (χ3v) is 3.14. The van der Waals surface area contributed by atoms with E-state index >= 15 is 0 Å². The number of hydrogen-bond acceptors (Lipinski definition) is 3. The van der Waals surface area contributed by atoms with Crippen molar-refractivity contribution in [3.63, 3.8) is 0 Å². The quantitative estimate of drug-likeness (QED) is 0.833.